The number of carbonyl (C=O) groups excluding carboxylic acids is 2. The Morgan fingerprint density at radius 2 is 1.88 bits per heavy atom. The Balaban J connectivity index is 1.50. The number of benzene rings is 2. The molecule has 3 rings (SSSR count). The molecule has 0 aromatic heterocycles. The molecule has 2 amide bonds. The van der Waals surface area contributed by atoms with Crippen LogP contribution in [-0.2, 0) is 11.2 Å². The SMILES string of the molecule is O=C(CNC(=O)c1ccc(F)cc1F)NCC1CCCc2ccccc21. The van der Waals surface area contributed by atoms with Crippen LogP contribution >= 0.6 is 0 Å². The maximum Gasteiger partial charge on any atom is 0.254 e. The lowest BCUT2D eigenvalue weighted by Crippen LogP contribution is -2.39. The van der Waals surface area contributed by atoms with Gasteiger partial charge in [0.15, 0.2) is 0 Å². The van der Waals surface area contributed by atoms with Gasteiger partial charge in [-0.1, -0.05) is 24.3 Å². The van der Waals surface area contributed by atoms with Gasteiger partial charge in [0.05, 0.1) is 12.1 Å². The monoisotopic (exact) mass is 358 g/mol. The lowest BCUT2D eigenvalue weighted by molar-refractivity contribution is -0.120. The fourth-order valence-corrected chi connectivity index (χ4v) is 3.30. The minimum atomic E-state index is -0.957. The van der Waals surface area contributed by atoms with Crippen molar-refractivity contribution in [1.29, 1.82) is 0 Å². The van der Waals surface area contributed by atoms with Crippen LogP contribution in [0.15, 0.2) is 42.5 Å². The molecule has 26 heavy (non-hydrogen) atoms. The van der Waals surface area contributed by atoms with E-state index in [-0.39, 0.29) is 23.9 Å². The highest BCUT2D eigenvalue weighted by Crippen LogP contribution is 2.30. The van der Waals surface area contributed by atoms with Gasteiger partial charge in [-0.15, -0.1) is 0 Å². The van der Waals surface area contributed by atoms with E-state index in [2.05, 4.69) is 22.8 Å². The molecule has 2 aromatic carbocycles. The van der Waals surface area contributed by atoms with Crippen molar-refractivity contribution in [2.45, 2.75) is 25.2 Å². The van der Waals surface area contributed by atoms with Crippen LogP contribution in [0.3, 0.4) is 0 Å². The van der Waals surface area contributed by atoms with Crippen LogP contribution in [0.5, 0.6) is 0 Å². The van der Waals surface area contributed by atoms with E-state index in [0.717, 1.165) is 31.4 Å². The normalized spacial score (nSPS) is 15.8. The molecule has 0 bridgehead atoms. The third kappa shape index (κ3) is 4.25. The van der Waals surface area contributed by atoms with Gasteiger partial charge < -0.3 is 10.6 Å². The quantitative estimate of drug-likeness (QED) is 0.863. The van der Waals surface area contributed by atoms with Crippen LogP contribution in [0.1, 0.15) is 40.2 Å². The van der Waals surface area contributed by atoms with E-state index in [1.165, 1.54) is 11.1 Å². The first-order valence-electron chi connectivity index (χ1n) is 8.62. The molecule has 0 spiro atoms. The van der Waals surface area contributed by atoms with Gasteiger partial charge in [0.25, 0.3) is 5.91 Å². The molecule has 1 aliphatic carbocycles. The standard InChI is InChI=1S/C20H20F2N2O2/c21-15-8-9-17(18(22)10-15)20(26)24-12-19(25)23-11-14-6-3-5-13-4-1-2-7-16(13)14/h1-2,4,7-10,14H,3,5-6,11-12H2,(H,23,25)(H,24,26). The van der Waals surface area contributed by atoms with Gasteiger partial charge in [-0.25, -0.2) is 8.78 Å². The Morgan fingerprint density at radius 1 is 1.08 bits per heavy atom. The van der Waals surface area contributed by atoms with E-state index in [9.17, 15) is 18.4 Å². The van der Waals surface area contributed by atoms with Gasteiger partial charge >= 0.3 is 0 Å². The number of rotatable bonds is 5. The molecule has 1 unspecified atom stereocenters. The average molecular weight is 358 g/mol. The summed E-state index contributed by atoms with van der Waals surface area (Å²) < 4.78 is 26.4. The minimum Gasteiger partial charge on any atom is -0.354 e. The number of carbonyl (C=O) groups is 2. The number of halogens is 2. The van der Waals surface area contributed by atoms with Crippen LogP contribution in [-0.4, -0.2) is 24.9 Å². The van der Waals surface area contributed by atoms with Crippen molar-refractivity contribution in [2.24, 2.45) is 0 Å². The first-order valence-corrected chi connectivity index (χ1v) is 8.62. The van der Waals surface area contributed by atoms with Crippen molar-refractivity contribution in [2.75, 3.05) is 13.1 Å². The zero-order chi connectivity index (χ0) is 18.5. The van der Waals surface area contributed by atoms with E-state index >= 15 is 0 Å². The zero-order valence-corrected chi connectivity index (χ0v) is 14.2. The number of amides is 2. The van der Waals surface area contributed by atoms with Gasteiger partial charge in [0, 0.05) is 18.5 Å². The zero-order valence-electron chi connectivity index (χ0n) is 14.2. The molecule has 1 aliphatic rings. The number of hydrogen-bond acceptors (Lipinski definition) is 2. The topological polar surface area (TPSA) is 58.2 Å². The Labute approximate surface area is 150 Å². The second-order valence-electron chi connectivity index (χ2n) is 6.40. The Morgan fingerprint density at radius 3 is 2.69 bits per heavy atom. The average Bonchev–Trinajstić information content (AvgIpc) is 2.64. The van der Waals surface area contributed by atoms with Crippen molar-refractivity contribution in [1.82, 2.24) is 10.6 Å². The second kappa shape index (κ2) is 8.08. The van der Waals surface area contributed by atoms with Gasteiger partial charge in [0.2, 0.25) is 5.91 Å². The first kappa shape index (κ1) is 18.0. The van der Waals surface area contributed by atoms with Crippen LogP contribution < -0.4 is 10.6 Å². The second-order valence-corrected chi connectivity index (χ2v) is 6.40. The van der Waals surface area contributed by atoms with Crippen molar-refractivity contribution < 1.29 is 18.4 Å². The summed E-state index contributed by atoms with van der Waals surface area (Å²) in [4.78, 5) is 23.9. The summed E-state index contributed by atoms with van der Waals surface area (Å²) in [5, 5.41) is 5.17. The molecule has 1 atom stereocenters. The van der Waals surface area contributed by atoms with Crippen LogP contribution in [0.25, 0.3) is 0 Å². The summed E-state index contributed by atoms with van der Waals surface area (Å²) in [5.74, 6) is -2.55. The lowest BCUT2D eigenvalue weighted by atomic mass is 9.83. The van der Waals surface area contributed by atoms with Crippen molar-refractivity contribution in [3.05, 3.63) is 70.8 Å². The number of hydrogen-bond donors (Lipinski definition) is 2. The highest BCUT2D eigenvalue weighted by molar-refractivity contribution is 5.96. The molecule has 0 aliphatic heterocycles. The third-order valence-electron chi connectivity index (χ3n) is 4.62. The summed E-state index contributed by atoms with van der Waals surface area (Å²) in [6.07, 6.45) is 3.14. The molecule has 136 valence electrons. The molecule has 0 saturated heterocycles. The van der Waals surface area contributed by atoms with E-state index in [1.807, 2.05) is 12.1 Å². The predicted octanol–water partition coefficient (Wildman–Crippen LogP) is 2.93. The highest BCUT2D eigenvalue weighted by Gasteiger charge is 2.20. The molecule has 0 fully saturated rings. The molecule has 2 N–H and O–H groups in total. The lowest BCUT2D eigenvalue weighted by Gasteiger charge is -2.25. The van der Waals surface area contributed by atoms with E-state index < -0.39 is 17.5 Å². The Hall–Kier alpha value is -2.76. The molecular formula is C20H20F2N2O2. The largest absolute Gasteiger partial charge is 0.354 e. The molecule has 4 nitrogen and oxygen atoms in total. The van der Waals surface area contributed by atoms with Crippen LogP contribution in [0.4, 0.5) is 8.78 Å². The minimum absolute atomic E-state index is 0.258. The summed E-state index contributed by atoms with van der Waals surface area (Å²) in [6, 6.07) is 10.9. The highest BCUT2D eigenvalue weighted by atomic mass is 19.1. The van der Waals surface area contributed by atoms with Crippen LogP contribution in [0.2, 0.25) is 0 Å². The Bertz CT molecular complexity index is 823. The van der Waals surface area contributed by atoms with Crippen LogP contribution in [0, 0.1) is 11.6 Å². The van der Waals surface area contributed by atoms with Crippen molar-refractivity contribution >= 4 is 11.8 Å². The maximum atomic E-state index is 13.6. The summed E-state index contributed by atoms with van der Waals surface area (Å²) in [6.45, 7) is 0.237. The molecule has 2 aromatic rings. The summed E-state index contributed by atoms with van der Waals surface area (Å²) in [5.41, 5.74) is 2.29. The fraction of sp³-hybridized carbons (Fsp3) is 0.300. The van der Waals surface area contributed by atoms with Gasteiger partial charge in [-0.3, -0.25) is 9.59 Å². The molecule has 0 saturated carbocycles. The van der Waals surface area contributed by atoms with E-state index in [1.54, 1.807) is 0 Å². The number of nitrogens with one attached hydrogen (secondary N) is 2. The van der Waals surface area contributed by atoms with Gasteiger partial charge in [-0.05, 0) is 42.5 Å². The molecule has 0 heterocycles. The fourth-order valence-electron chi connectivity index (χ4n) is 3.30. The summed E-state index contributed by atoms with van der Waals surface area (Å²) in [7, 11) is 0. The number of fused-ring (bicyclic) bond motifs is 1. The third-order valence-corrected chi connectivity index (χ3v) is 4.62. The first-order chi connectivity index (χ1) is 12.5. The Kier molecular flexibility index (Phi) is 5.61. The van der Waals surface area contributed by atoms with Crippen molar-refractivity contribution in [3.63, 3.8) is 0 Å². The molecular weight excluding hydrogens is 338 g/mol. The molecule has 6 heteroatoms. The maximum absolute atomic E-state index is 13.6. The van der Waals surface area contributed by atoms with Gasteiger partial charge in [0.1, 0.15) is 11.6 Å². The van der Waals surface area contributed by atoms with E-state index in [4.69, 9.17) is 0 Å². The summed E-state index contributed by atoms with van der Waals surface area (Å²) >= 11 is 0. The number of aryl methyl sites for hydroxylation is 1. The predicted molar refractivity (Wildman–Crippen MR) is 93.8 cm³/mol. The van der Waals surface area contributed by atoms with Gasteiger partial charge in [-0.2, -0.15) is 0 Å². The van der Waals surface area contributed by atoms with E-state index in [0.29, 0.717) is 12.6 Å². The molecule has 0 radical (unpaired) electrons. The smallest absolute Gasteiger partial charge is 0.254 e. The van der Waals surface area contributed by atoms with Crippen molar-refractivity contribution in [3.8, 4) is 0 Å².